The highest BCUT2D eigenvalue weighted by molar-refractivity contribution is 7.91. The van der Waals surface area contributed by atoms with Gasteiger partial charge in [0, 0.05) is 17.5 Å². The molecule has 6 nitrogen and oxygen atoms in total. The molecule has 1 aliphatic heterocycles. The average Bonchev–Trinajstić information content (AvgIpc) is 2.76. The van der Waals surface area contributed by atoms with Crippen molar-refractivity contribution in [2.75, 3.05) is 6.54 Å². The van der Waals surface area contributed by atoms with Crippen molar-refractivity contribution < 1.29 is 18.0 Å². The molecule has 3 rings (SSSR count). The molecule has 0 aliphatic carbocycles. The van der Waals surface area contributed by atoms with Crippen LogP contribution in [0.5, 0.6) is 0 Å². The zero-order valence-electron chi connectivity index (χ0n) is 17.5. The highest BCUT2D eigenvalue weighted by atomic mass is 35.5. The van der Waals surface area contributed by atoms with Crippen LogP contribution in [-0.4, -0.2) is 43.1 Å². The molecule has 1 N–H and O–H groups in total. The molecule has 1 aliphatic rings. The van der Waals surface area contributed by atoms with Crippen molar-refractivity contribution in [3.8, 4) is 12.3 Å². The molecule has 32 heavy (non-hydrogen) atoms. The van der Waals surface area contributed by atoms with Crippen molar-refractivity contribution in [3.63, 3.8) is 0 Å². The summed E-state index contributed by atoms with van der Waals surface area (Å²) in [5, 5.41) is 2.49. The van der Waals surface area contributed by atoms with E-state index >= 15 is 0 Å². The number of β-lactam (4-membered cyclic amide) rings is 1. The number of sulfone groups is 1. The smallest absolute Gasteiger partial charge is 0.239 e. The second-order valence-electron chi connectivity index (χ2n) is 7.78. The normalized spacial score (nSPS) is 16.7. The molecule has 2 atom stereocenters. The SMILES string of the molecule is C#CCCC(Cc1ccccc1Cl)NC(=O)CN1C(=O)CC1S(=O)(=O)Cc1ccccc1. The van der Waals surface area contributed by atoms with Gasteiger partial charge in [-0.25, -0.2) is 8.42 Å². The lowest BCUT2D eigenvalue weighted by molar-refractivity contribution is -0.145. The van der Waals surface area contributed by atoms with Crippen LogP contribution in [0, 0.1) is 12.3 Å². The van der Waals surface area contributed by atoms with E-state index in [4.69, 9.17) is 18.0 Å². The third-order valence-electron chi connectivity index (χ3n) is 5.38. The van der Waals surface area contributed by atoms with E-state index in [2.05, 4.69) is 11.2 Å². The number of nitrogens with zero attached hydrogens (tertiary/aromatic N) is 1. The molecule has 1 saturated heterocycles. The molecule has 2 aromatic rings. The predicted octanol–water partition coefficient (Wildman–Crippen LogP) is 2.95. The number of carbonyl (C=O) groups is 2. The van der Waals surface area contributed by atoms with Crippen molar-refractivity contribution in [2.24, 2.45) is 0 Å². The highest BCUT2D eigenvalue weighted by Gasteiger charge is 2.45. The Bertz CT molecular complexity index is 1110. The van der Waals surface area contributed by atoms with Crippen LogP contribution in [0.2, 0.25) is 5.02 Å². The van der Waals surface area contributed by atoms with Gasteiger partial charge in [0.05, 0.1) is 12.2 Å². The van der Waals surface area contributed by atoms with Gasteiger partial charge in [-0.15, -0.1) is 12.3 Å². The third-order valence-corrected chi connectivity index (χ3v) is 7.74. The Morgan fingerprint density at radius 1 is 1.19 bits per heavy atom. The summed E-state index contributed by atoms with van der Waals surface area (Å²) in [5.41, 5.74) is 1.52. The van der Waals surface area contributed by atoms with Gasteiger partial charge in [0.25, 0.3) is 0 Å². The van der Waals surface area contributed by atoms with Crippen LogP contribution in [0.3, 0.4) is 0 Å². The maximum Gasteiger partial charge on any atom is 0.239 e. The summed E-state index contributed by atoms with van der Waals surface area (Å²) in [4.78, 5) is 25.9. The number of hydrogen-bond donors (Lipinski definition) is 1. The minimum Gasteiger partial charge on any atom is -0.351 e. The van der Waals surface area contributed by atoms with Gasteiger partial charge in [0.2, 0.25) is 11.8 Å². The van der Waals surface area contributed by atoms with E-state index in [0.717, 1.165) is 10.5 Å². The van der Waals surface area contributed by atoms with Crippen LogP contribution in [0.1, 0.15) is 30.4 Å². The van der Waals surface area contributed by atoms with Gasteiger partial charge in [0.15, 0.2) is 9.84 Å². The first kappa shape index (κ1) is 23.8. The standard InChI is InChI=1S/C24H25ClN2O4S/c1-2-3-12-20(14-19-11-7-8-13-21(19)25)26-22(28)16-27-23(29)15-24(27)32(30,31)17-18-9-5-4-6-10-18/h1,4-11,13,20,24H,3,12,14-17H2,(H,26,28). The van der Waals surface area contributed by atoms with E-state index in [1.54, 1.807) is 36.4 Å². The molecule has 0 bridgehead atoms. The Morgan fingerprint density at radius 2 is 1.88 bits per heavy atom. The van der Waals surface area contributed by atoms with Gasteiger partial charge in [-0.2, -0.15) is 0 Å². The average molecular weight is 473 g/mol. The lowest BCUT2D eigenvalue weighted by Gasteiger charge is -2.39. The molecule has 2 aromatic carbocycles. The number of halogens is 1. The van der Waals surface area contributed by atoms with Crippen molar-refractivity contribution in [1.29, 1.82) is 0 Å². The van der Waals surface area contributed by atoms with Gasteiger partial charge in [-0.1, -0.05) is 60.1 Å². The first-order chi connectivity index (χ1) is 15.3. The van der Waals surface area contributed by atoms with E-state index in [0.29, 0.717) is 29.8 Å². The lowest BCUT2D eigenvalue weighted by atomic mass is 10.0. The fourth-order valence-electron chi connectivity index (χ4n) is 3.68. The van der Waals surface area contributed by atoms with E-state index in [-0.39, 0.29) is 30.7 Å². The lowest BCUT2D eigenvalue weighted by Crippen LogP contribution is -2.59. The largest absolute Gasteiger partial charge is 0.351 e. The van der Waals surface area contributed by atoms with Crippen molar-refractivity contribution in [2.45, 2.75) is 42.9 Å². The van der Waals surface area contributed by atoms with E-state index < -0.39 is 21.1 Å². The number of benzene rings is 2. The molecular formula is C24H25ClN2O4S. The van der Waals surface area contributed by atoms with Crippen LogP contribution >= 0.6 is 11.6 Å². The Balaban J connectivity index is 1.63. The van der Waals surface area contributed by atoms with Crippen LogP contribution in [-0.2, 0) is 31.6 Å². The summed E-state index contributed by atoms with van der Waals surface area (Å²) < 4.78 is 25.6. The maximum absolute atomic E-state index is 12.8. The molecule has 168 valence electrons. The Labute approximate surface area is 193 Å². The fourth-order valence-corrected chi connectivity index (χ4v) is 5.72. The molecule has 0 saturated carbocycles. The van der Waals surface area contributed by atoms with Gasteiger partial charge in [-0.05, 0) is 30.0 Å². The summed E-state index contributed by atoms with van der Waals surface area (Å²) in [7, 11) is -3.62. The fraction of sp³-hybridized carbons (Fsp3) is 0.333. The van der Waals surface area contributed by atoms with Crippen LogP contribution in [0.15, 0.2) is 54.6 Å². The number of likely N-dealkylation sites (tertiary alicyclic amines) is 1. The number of amides is 2. The number of hydrogen-bond acceptors (Lipinski definition) is 4. The molecule has 2 amide bonds. The van der Waals surface area contributed by atoms with Crippen molar-refractivity contribution >= 4 is 33.3 Å². The van der Waals surface area contributed by atoms with Crippen molar-refractivity contribution in [1.82, 2.24) is 10.2 Å². The quantitative estimate of drug-likeness (QED) is 0.425. The van der Waals surface area contributed by atoms with Gasteiger partial charge in [-0.3, -0.25) is 9.59 Å². The van der Waals surface area contributed by atoms with Crippen LogP contribution < -0.4 is 5.32 Å². The molecule has 1 heterocycles. The van der Waals surface area contributed by atoms with Crippen LogP contribution in [0.25, 0.3) is 0 Å². The predicted molar refractivity (Wildman–Crippen MR) is 124 cm³/mol. The Kier molecular flexibility index (Phi) is 7.94. The Morgan fingerprint density at radius 3 is 2.53 bits per heavy atom. The maximum atomic E-state index is 12.8. The minimum absolute atomic E-state index is 0.109. The van der Waals surface area contributed by atoms with Crippen LogP contribution in [0.4, 0.5) is 0 Å². The van der Waals surface area contributed by atoms with E-state index in [1.165, 1.54) is 0 Å². The van der Waals surface area contributed by atoms with Gasteiger partial charge in [0.1, 0.15) is 11.9 Å². The molecule has 2 unspecified atom stereocenters. The molecule has 0 aromatic heterocycles. The molecule has 8 heteroatoms. The van der Waals surface area contributed by atoms with E-state index in [1.807, 2.05) is 18.2 Å². The van der Waals surface area contributed by atoms with E-state index in [9.17, 15) is 18.0 Å². The number of terminal acetylenes is 1. The summed E-state index contributed by atoms with van der Waals surface area (Å²) in [6.45, 7) is -0.313. The second kappa shape index (κ2) is 10.7. The minimum atomic E-state index is -3.62. The topological polar surface area (TPSA) is 83.6 Å². The van der Waals surface area contributed by atoms with Gasteiger partial charge < -0.3 is 10.2 Å². The Hall–Kier alpha value is -2.82. The molecule has 0 spiro atoms. The number of nitrogens with one attached hydrogen (secondary N) is 1. The monoisotopic (exact) mass is 472 g/mol. The zero-order chi connectivity index (χ0) is 23.1. The third kappa shape index (κ3) is 6.12. The molecule has 1 fully saturated rings. The summed E-state index contributed by atoms with van der Waals surface area (Å²) in [6, 6.07) is 15.8. The van der Waals surface area contributed by atoms with Gasteiger partial charge >= 0.3 is 0 Å². The summed E-state index contributed by atoms with van der Waals surface area (Å²) in [6.07, 6.45) is 6.76. The number of carbonyl (C=O) groups excluding carboxylic acids is 2. The van der Waals surface area contributed by atoms with Crippen molar-refractivity contribution in [3.05, 3.63) is 70.7 Å². The molecule has 0 radical (unpaired) electrons. The second-order valence-corrected chi connectivity index (χ2v) is 10.3. The number of rotatable bonds is 10. The molecular weight excluding hydrogens is 448 g/mol. The first-order valence-corrected chi connectivity index (χ1v) is 12.4. The zero-order valence-corrected chi connectivity index (χ0v) is 19.1. The summed E-state index contributed by atoms with van der Waals surface area (Å²) in [5.74, 6) is 1.61. The summed E-state index contributed by atoms with van der Waals surface area (Å²) >= 11 is 6.24. The first-order valence-electron chi connectivity index (χ1n) is 10.3. The highest BCUT2D eigenvalue weighted by Crippen LogP contribution is 2.27.